The van der Waals surface area contributed by atoms with Gasteiger partial charge in [0, 0.05) is 0 Å². The van der Waals surface area contributed by atoms with Crippen LogP contribution in [0.4, 0.5) is 8.78 Å². The molecule has 0 N–H and O–H groups in total. The van der Waals surface area contributed by atoms with E-state index in [0.29, 0.717) is 5.92 Å². The lowest BCUT2D eigenvalue weighted by atomic mass is 9.64. The van der Waals surface area contributed by atoms with Gasteiger partial charge in [0.2, 0.25) is 0 Å². The second-order valence-electron chi connectivity index (χ2n) is 10.9. The fourth-order valence-corrected chi connectivity index (χ4v) is 7.22. The summed E-state index contributed by atoms with van der Waals surface area (Å²) in [6.07, 6.45) is 21.0. The van der Waals surface area contributed by atoms with Gasteiger partial charge < -0.3 is 0 Å². The first-order valence-electron chi connectivity index (χ1n) is 13.1. The lowest BCUT2D eigenvalue weighted by Gasteiger charge is -2.41. The van der Waals surface area contributed by atoms with Crippen molar-refractivity contribution in [1.29, 1.82) is 0 Å². The Hall–Kier alpha value is -0.920. The minimum absolute atomic E-state index is 0.426. The Labute approximate surface area is 183 Å². The molecule has 0 nitrogen and oxygen atoms in total. The van der Waals surface area contributed by atoms with Crippen molar-refractivity contribution in [3.8, 4) is 0 Å². The molecule has 0 heterocycles. The lowest BCUT2D eigenvalue weighted by molar-refractivity contribution is 0.108. The van der Waals surface area contributed by atoms with Crippen LogP contribution in [0.15, 0.2) is 18.2 Å². The van der Waals surface area contributed by atoms with Crippen LogP contribution in [0, 0.1) is 41.2 Å². The monoisotopic (exact) mass is 416 g/mol. The predicted octanol–water partition coefficient (Wildman–Crippen LogP) is 9.04. The van der Waals surface area contributed by atoms with Crippen LogP contribution in [-0.4, -0.2) is 0 Å². The topological polar surface area (TPSA) is 0 Å². The van der Waals surface area contributed by atoms with Crippen LogP contribution >= 0.6 is 0 Å². The minimum atomic E-state index is -0.723. The van der Waals surface area contributed by atoms with Crippen molar-refractivity contribution in [3.05, 3.63) is 35.4 Å². The van der Waals surface area contributed by atoms with E-state index < -0.39 is 11.6 Å². The van der Waals surface area contributed by atoms with Crippen LogP contribution in [-0.2, 0) is 0 Å². The number of rotatable bonds is 6. The van der Waals surface area contributed by atoms with Crippen molar-refractivity contribution in [2.45, 2.75) is 109 Å². The molecule has 168 valence electrons. The molecule has 0 radical (unpaired) electrons. The van der Waals surface area contributed by atoms with Gasteiger partial charge in [-0.1, -0.05) is 45.1 Å². The molecule has 0 amide bonds. The maximum absolute atomic E-state index is 13.6. The molecule has 1 aromatic carbocycles. The molecular formula is C28H42F2. The third-order valence-corrected chi connectivity index (χ3v) is 9.19. The molecule has 3 fully saturated rings. The van der Waals surface area contributed by atoms with Crippen LogP contribution in [0.5, 0.6) is 0 Å². The number of benzene rings is 1. The molecule has 0 aromatic heterocycles. The fraction of sp³-hybridized carbons (Fsp3) is 0.786. The second kappa shape index (κ2) is 10.6. The second-order valence-corrected chi connectivity index (χ2v) is 10.9. The van der Waals surface area contributed by atoms with Crippen LogP contribution in [0.3, 0.4) is 0 Å². The fourth-order valence-electron chi connectivity index (χ4n) is 7.22. The van der Waals surface area contributed by atoms with Crippen molar-refractivity contribution < 1.29 is 8.78 Å². The summed E-state index contributed by atoms with van der Waals surface area (Å²) in [5, 5.41) is 0. The Morgan fingerprint density at radius 3 is 1.67 bits per heavy atom. The first-order chi connectivity index (χ1) is 14.6. The Balaban J connectivity index is 1.19. The van der Waals surface area contributed by atoms with E-state index in [1.165, 1.54) is 95.6 Å². The smallest absolute Gasteiger partial charge is 0.159 e. The third kappa shape index (κ3) is 5.46. The highest BCUT2D eigenvalue weighted by molar-refractivity contribution is 5.22. The first kappa shape index (κ1) is 22.3. The summed E-state index contributed by atoms with van der Waals surface area (Å²) >= 11 is 0. The van der Waals surface area contributed by atoms with Crippen LogP contribution in [0.25, 0.3) is 0 Å². The Bertz CT molecular complexity index is 645. The predicted molar refractivity (Wildman–Crippen MR) is 121 cm³/mol. The normalized spacial score (nSPS) is 35.3. The van der Waals surface area contributed by atoms with Gasteiger partial charge in [-0.2, -0.15) is 0 Å². The van der Waals surface area contributed by atoms with Gasteiger partial charge in [-0.05, 0) is 117 Å². The highest BCUT2D eigenvalue weighted by atomic mass is 19.2. The summed E-state index contributed by atoms with van der Waals surface area (Å²) in [4.78, 5) is 0. The molecule has 2 heteroatoms. The van der Waals surface area contributed by atoms with Gasteiger partial charge in [0.05, 0.1) is 0 Å². The summed E-state index contributed by atoms with van der Waals surface area (Å²) in [6.45, 7) is 2.32. The number of hydrogen-bond donors (Lipinski definition) is 0. The van der Waals surface area contributed by atoms with Gasteiger partial charge in [-0.3, -0.25) is 0 Å². The lowest BCUT2D eigenvalue weighted by Crippen LogP contribution is -2.29. The molecular weight excluding hydrogens is 374 g/mol. The van der Waals surface area contributed by atoms with E-state index in [-0.39, 0.29) is 0 Å². The standard InChI is InChI=1S/C28H42F2/c1-2-3-4-20-5-7-21(8-6-20)22-9-11-23(12-10-22)24-13-15-25(16-14-24)26-17-18-27(29)28(30)19-26/h17-25H,2-16H2,1H3. The zero-order valence-electron chi connectivity index (χ0n) is 19.1. The number of unbranched alkanes of at least 4 members (excludes halogenated alkanes) is 1. The van der Waals surface area contributed by atoms with E-state index in [1.807, 2.05) is 0 Å². The summed E-state index contributed by atoms with van der Waals surface area (Å²) in [5.74, 6) is 3.87. The molecule has 4 rings (SSSR count). The van der Waals surface area contributed by atoms with Crippen molar-refractivity contribution in [2.24, 2.45) is 29.6 Å². The molecule has 0 spiro atoms. The molecule has 0 bridgehead atoms. The van der Waals surface area contributed by atoms with Crippen molar-refractivity contribution in [3.63, 3.8) is 0 Å². The van der Waals surface area contributed by atoms with Gasteiger partial charge >= 0.3 is 0 Å². The quantitative estimate of drug-likeness (QED) is 0.434. The highest BCUT2D eigenvalue weighted by Gasteiger charge is 2.34. The summed E-state index contributed by atoms with van der Waals surface area (Å²) in [5.41, 5.74) is 1.01. The zero-order valence-corrected chi connectivity index (χ0v) is 19.1. The molecule has 3 aliphatic rings. The van der Waals surface area contributed by atoms with Gasteiger partial charge in [-0.15, -0.1) is 0 Å². The number of hydrogen-bond acceptors (Lipinski definition) is 0. The molecule has 0 unspecified atom stereocenters. The van der Waals surface area contributed by atoms with Crippen LogP contribution in [0.1, 0.15) is 115 Å². The molecule has 1 aromatic rings. The Kier molecular flexibility index (Phi) is 7.87. The van der Waals surface area contributed by atoms with Gasteiger partial charge in [0.25, 0.3) is 0 Å². The third-order valence-electron chi connectivity index (χ3n) is 9.19. The molecule has 30 heavy (non-hydrogen) atoms. The molecule has 3 aliphatic carbocycles. The summed E-state index contributed by atoms with van der Waals surface area (Å²) in [6, 6.07) is 4.53. The van der Waals surface area contributed by atoms with E-state index >= 15 is 0 Å². The van der Waals surface area contributed by atoms with Gasteiger partial charge in [-0.25, -0.2) is 8.78 Å². The zero-order chi connectivity index (χ0) is 20.9. The molecule has 0 saturated heterocycles. The number of halogens is 2. The van der Waals surface area contributed by atoms with E-state index in [0.717, 1.165) is 48.0 Å². The highest BCUT2D eigenvalue weighted by Crippen LogP contribution is 2.47. The SMILES string of the molecule is CCCCC1CCC(C2CCC(C3CCC(c4ccc(F)c(F)c4)CC3)CC2)CC1. The van der Waals surface area contributed by atoms with Crippen LogP contribution < -0.4 is 0 Å². The van der Waals surface area contributed by atoms with E-state index in [9.17, 15) is 8.78 Å². The van der Waals surface area contributed by atoms with Gasteiger partial charge in [0.1, 0.15) is 0 Å². The van der Waals surface area contributed by atoms with Gasteiger partial charge in [0.15, 0.2) is 11.6 Å². The Morgan fingerprint density at radius 2 is 1.17 bits per heavy atom. The maximum Gasteiger partial charge on any atom is 0.159 e. The summed E-state index contributed by atoms with van der Waals surface area (Å²) in [7, 11) is 0. The van der Waals surface area contributed by atoms with Crippen molar-refractivity contribution in [1.82, 2.24) is 0 Å². The van der Waals surface area contributed by atoms with Crippen molar-refractivity contribution in [2.75, 3.05) is 0 Å². The average Bonchev–Trinajstić information content (AvgIpc) is 2.80. The largest absolute Gasteiger partial charge is 0.204 e. The van der Waals surface area contributed by atoms with Crippen molar-refractivity contribution >= 4 is 0 Å². The molecule has 0 aliphatic heterocycles. The average molecular weight is 417 g/mol. The van der Waals surface area contributed by atoms with E-state index in [4.69, 9.17) is 0 Å². The first-order valence-corrected chi connectivity index (χ1v) is 13.1. The Morgan fingerprint density at radius 1 is 0.667 bits per heavy atom. The van der Waals surface area contributed by atoms with E-state index in [1.54, 1.807) is 6.07 Å². The molecule has 0 atom stereocenters. The summed E-state index contributed by atoms with van der Waals surface area (Å²) < 4.78 is 26.8. The van der Waals surface area contributed by atoms with Crippen LogP contribution in [0.2, 0.25) is 0 Å². The molecule has 3 saturated carbocycles. The van der Waals surface area contributed by atoms with E-state index in [2.05, 4.69) is 6.92 Å². The minimum Gasteiger partial charge on any atom is -0.204 e. The maximum atomic E-state index is 13.6.